The summed E-state index contributed by atoms with van der Waals surface area (Å²) in [5, 5.41) is 11.6. The van der Waals surface area contributed by atoms with Gasteiger partial charge in [0.05, 0.1) is 6.54 Å². The van der Waals surface area contributed by atoms with Crippen molar-refractivity contribution in [3.63, 3.8) is 0 Å². The topological polar surface area (TPSA) is 78.9 Å². The SMILES string of the molecule is CC(C)C(C(=O)N(CC(N)=NO)C(C)C)C(C)C. The number of carbonyl (C=O) groups excluding carboxylic acids is 1. The third kappa shape index (κ3) is 4.55. The molecule has 0 bridgehead atoms. The second-order valence-corrected chi connectivity index (χ2v) is 5.67. The van der Waals surface area contributed by atoms with E-state index in [0.29, 0.717) is 0 Å². The summed E-state index contributed by atoms with van der Waals surface area (Å²) < 4.78 is 0. The van der Waals surface area contributed by atoms with Crippen molar-refractivity contribution in [2.45, 2.75) is 47.6 Å². The largest absolute Gasteiger partial charge is 0.409 e. The quantitative estimate of drug-likeness (QED) is 0.330. The van der Waals surface area contributed by atoms with E-state index >= 15 is 0 Å². The Labute approximate surface area is 110 Å². The van der Waals surface area contributed by atoms with Crippen molar-refractivity contribution in [3.8, 4) is 0 Å². The zero-order valence-electron chi connectivity index (χ0n) is 12.3. The lowest BCUT2D eigenvalue weighted by molar-refractivity contribution is -0.139. The molecule has 0 radical (unpaired) electrons. The molecule has 0 aliphatic rings. The van der Waals surface area contributed by atoms with Gasteiger partial charge in [0.1, 0.15) is 0 Å². The van der Waals surface area contributed by atoms with Gasteiger partial charge in [-0.2, -0.15) is 0 Å². The zero-order chi connectivity index (χ0) is 14.5. The molecule has 0 saturated carbocycles. The van der Waals surface area contributed by atoms with Gasteiger partial charge in [0.15, 0.2) is 5.84 Å². The lowest BCUT2D eigenvalue weighted by atomic mass is 9.84. The van der Waals surface area contributed by atoms with Crippen LogP contribution < -0.4 is 5.73 Å². The van der Waals surface area contributed by atoms with E-state index < -0.39 is 0 Å². The number of amides is 1. The molecule has 3 N–H and O–H groups in total. The van der Waals surface area contributed by atoms with Gasteiger partial charge in [-0.15, -0.1) is 0 Å². The third-order valence-corrected chi connectivity index (χ3v) is 3.09. The number of carbonyl (C=O) groups is 1. The first-order valence-electron chi connectivity index (χ1n) is 6.49. The summed E-state index contributed by atoms with van der Waals surface area (Å²) in [4.78, 5) is 14.2. The van der Waals surface area contributed by atoms with Crippen molar-refractivity contribution < 1.29 is 10.0 Å². The molecule has 0 fully saturated rings. The maximum absolute atomic E-state index is 12.6. The van der Waals surface area contributed by atoms with Gasteiger partial charge in [-0.1, -0.05) is 32.9 Å². The summed E-state index contributed by atoms with van der Waals surface area (Å²) >= 11 is 0. The summed E-state index contributed by atoms with van der Waals surface area (Å²) in [7, 11) is 0. The standard InChI is InChI=1S/C13H27N3O2/c1-8(2)12(9(3)4)13(17)16(10(5)6)7-11(14)15-18/h8-10,12,18H,7H2,1-6H3,(H2,14,15). The van der Waals surface area contributed by atoms with Crippen LogP contribution in [0.25, 0.3) is 0 Å². The Balaban J connectivity index is 5.06. The Hall–Kier alpha value is -1.26. The van der Waals surface area contributed by atoms with Crippen molar-refractivity contribution in [1.82, 2.24) is 4.90 Å². The number of nitrogens with zero attached hydrogens (tertiary/aromatic N) is 2. The van der Waals surface area contributed by atoms with Gasteiger partial charge in [-0.3, -0.25) is 4.79 Å². The van der Waals surface area contributed by atoms with E-state index in [1.165, 1.54) is 0 Å². The Kier molecular flexibility index (Phi) is 6.73. The number of hydrogen-bond acceptors (Lipinski definition) is 3. The molecule has 5 nitrogen and oxygen atoms in total. The minimum absolute atomic E-state index is 0.0257. The molecule has 0 spiro atoms. The molecule has 0 aromatic carbocycles. The summed E-state index contributed by atoms with van der Waals surface area (Å²) in [6, 6.07) is 0.0257. The highest BCUT2D eigenvalue weighted by Crippen LogP contribution is 2.23. The maximum atomic E-state index is 12.6. The molecular formula is C13H27N3O2. The molecule has 0 atom stereocenters. The zero-order valence-corrected chi connectivity index (χ0v) is 12.3. The smallest absolute Gasteiger partial charge is 0.226 e. The number of rotatable bonds is 6. The fraction of sp³-hybridized carbons (Fsp3) is 0.846. The van der Waals surface area contributed by atoms with Crippen LogP contribution in [-0.2, 0) is 4.79 Å². The Morgan fingerprint density at radius 2 is 1.61 bits per heavy atom. The van der Waals surface area contributed by atoms with E-state index in [-0.39, 0.29) is 42.1 Å². The molecule has 5 heteroatoms. The van der Waals surface area contributed by atoms with E-state index in [0.717, 1.165) is 0 Å². The van der Waals surface area contributed by atoms with Crippen LogP contribution in [0.2, 0.25) is 0 Å². The summed E-state index contributed by atoms with van der Waals surface area (Å²) in [6.07, 6.45) is 0. The average molecular weight is 257 g/mol. The van der Waals surface area contributed by atoms with Crippen molar-refractivity contribution in [1.29, 1.82) is 0 Å². The molecule has 0 aromatic heterocycles. The Morgan fingerprint density at radius 3 is 1.89 bits per heavy atom. The molecular weight excluding hydrogens is 230 g/mol. The predicted octanol–water partition coefficient (Wildman–Crippen LogP) is 1.90. The number of hydrogen-bond donors (Lipinski definition) is 2. The predicted molar refractivity (Wildman–Crippen MR) is 73.4 cm³/mol. The van der Waals surface area contributed by atoms with Crippen LogP contribution in [0.1, 0.15) is 41.5 Å². The molecule has 1 amide bonds. The van der Waals surface area contributed by atoms with Crippen LogP contribution in [0.15, 0.2) is 5.16 Å². The minimum Gasteiger partial charge on any atom is -0.409 e. The average Bonchev–Trinajstić information content (AvgIpc) is 2.23. The van der Waals surface area contributed by atoms with Crippen LogP contribution in [0.5, 0.6) is 0 Å². The van der Waals surface area contributed by atoms with Gasteiger partial charge < -0.3 is 15.8 Å². The molecule has 0 aromatic rings. The van der Waals surface area contributed by atoms with Crippen LogP contribution in [0.4, 0.5) is 0 Å². The third-order valence-electron chi connectivity index (χ3n) is 3.09. The summed E-state index contributed by atoms with van der Waals surface area (Å²) in [5.74, 6) is 0.626. The lowest BCUT2D eigenvalue weighted by Gasteiger charge is -2.33. The van der Waals surface area contributed by atoms with Crippen LogP contribution in [-0.4, -0.2) is 34.4 Å². The lowest BCUT2D eigenvalue weighted by Crippen LogP contribution is -2.47. The molecule has 106 valence electrons. The second-order valence-electron chi connectivity index (χ2n) is 5.67. The highest BCUT2D eigenvalue weighted by Gasteiger charge is 2.31. The fourth-order valence-corrected chi connectivity index (χ4v) is 2.25. The van der Waals surface area contributed by atoms with Gasteiger partial charge in [0.25, 0.3) is 0 Å². The fourth-order valence-electron chi connectivity index (χ4n) is 2.25. The maximum Gasteiger partial charge on any atom is 0.226 e. The monoisotopic (exact) mass is 257 g/mol. The van der Waals surface area contributed by atoms with Crippen LogP contribution >= 0.6 is 0 Å². The van der Waals surface area contributed by atoms with Crippen LogP contribution in [0.3, 0.4) is 0 Å². The molecule has 0 heterocycles. The van der Waals surface area contributed by atoms with E-state index in [9.17, 15) is 4.79 Å². The van der Waals surface area contributed by atoms with Crippen molar-refractivity contribution in [3.05, 3.63) is 0 Å². The highest BCUT2D eigenvalue weighted by atomic mass is 16.4. The van der Waals surface area contributed by atoms with Gasteiger partial charge in [-0.25, -0.2) is 0 Å². The first-order chi connectivity index (χ1) is 8.22. The molecule has 0 unspecified atom stereocenters. The first-order valence-corrected chi connectivity index (χ1v) is 6.49. The molecule has 0 aliphatic carbocycles. The highest BCUT2D eigenvalue weighted by molar-refractivity contribution is 5.88. The summed E-state index contributed by atoms with van der Waals surface area (Å²) in [5.41, 5.74) is 5.51. The minimum atomic E-state index is -0.0427. The van der Waals surface area contributed by atoms with E-state index in [4.69, 9.17) is 10.9 Å². The number of amidine groups is 1. The van der Waals surface area contributed by atoms with Gasteiger partial charge in [0, 0.05) is 12.0 Å². The van der Waals surface area contributed by atoms with Crippen molar-refractivity contribution in [2.24, 2.45) is 28.6 Å². The van der Waals surface area contributed by atoms with Crippen LogP contribution in [0, 0.1) is 17.8 Å². The molecule has 0 rings (SSSR count). The van der Waals surface area contributed by atoms with E-state index in [1.807, 2.05) is 41.5 Å². The number of nitrogens with two attached hydrogens (primary N) is 1. The number of oxime groups is 1. The molecule has 0 aliphatic heterocycles. The summed E-state index contributed by atoms with van der Waals surface area (Å²) in [6.45, 7) is 12.2. The van der Waals surface area contributed by atoms with E-state index in [2.05, 4.69) is 5.16 Å². The normalized spacial score (nSPS) is 12.9. The van der Waals surface area contributed by atoms with Gasteiger partial charge >= 0.3 is 0 Å². The second kappa shape index (κ2) is 7.24. The Morgan fingerprint density at radius 1 is 1.17 bits per heavy atom. The Bertz CT molecular complexity index is 291. The van der Waals surface area contributed by atoms with Crippen molar-refractivity contribution in [2.75, 3.05) is 6.54 Å². The van der Waals surface area contributed by atoms with Gasteiger partial charge in [-0.05, 0) is 25.7 Å². The van der Waals surface area contributed by atoms with Gasteiger partial charge in [0.2, 0.25) is 5.91 Å². The molecule has 0 saturated heterocycles. The van der Waals surface area contributed by atoms with Crippen molar-refractivity contribution >= 4 is 11.7 Å². The van der Waals surface area contributed by atoms with E-state index in [1.54, 1.807) is 4.90 Å². The first kappa shape index (κ1) is 16.7. The molecule has 18 heavy (non-hydrogen) atoms.